The average Bonchev–Trinajstić information content (AvgIpc) is 3.07. The number of fused-ring (bicyclic) bond motifs is 1. The van der Waals surface area contributed by atoms with Crippen molar-refractivity contribution in [3.8, 4) is 11.5 Å². The van der Waals surface area contributed by atoms with Gasteiger partial charge in [-0.3, -0.25) is 4.79 Å². The summed E-state index contributed by atoms with van der Waals surface area (Å²) in [7, 11) is 0. The van der Waals surface area contributed by atoms with E-state index in [2.05, 4.69) is 9.97 Å². The van der Waals surface area contributed by atoms with Crippen LogP contribution in [0.25, 0.3) is 0 Å². The minimum Gasteiger partial charge on any atom is -0.486 e. The third-order valence-electron chi connectivity index (χ3n) is 4.17. The molecule has 24 heavy (non-hydrogen) atoms. The Morgan fingerprint density at radius 2 is 2.08 bits per heavy atom. The van der Waals surface area contributed by atoms with Gasteiger partial charge in [0.05, 0.1) is 13.2 Å². The maximum atomic E-state index is 12.8. The first-order valence-corrected chi connectivity index (χ1v) is 8.03. The normalized spacial score (nSPS) is 20.0. The number of nitrogens with one attached hydrogen (secondary N) is 1. The lowest BCUT2D eigenvalue weighted by atomic mass is 10.1. The molecule has 1 N–H and O–H groups in total. The van der Waals surface area contributed by atoms with Crippen molar-refractivity contribution in [2.45, 2.75) is 13.0 Å². The van der Waals surface area contributed by atoms with Gasteiger partial charge in [0.2, 0.25) is 0 Å². The molecule has 0 aliphatic carbocycles. The maximum Gasteiger partial charge on any atom is 0.254 e. The van der Waals surface area contributed by atoms with Crippen molar-refractivity contribution in [2.24, 2.45) is 0 Å². The Morgan fingerprint density at radius 3 is 2.88 bits per heavy atom. The number of hydrogen-bond acceptors (Lipinski definition) is 5. The molecule has 3 heterocycles. The fourth-order valence-electron chi connectivity index (χ4n) is 2.95. The number of carbonyl (C=O) groups is 1. The predicted molar refractivity (Wildman–Crippen MR) is 85.4 cm³/mol. The van der Waals surface area contributed by atoms with Crippen molar-refractivity contribution in [2.75, 3.05) is 32.9 Å². The lowest BCUT2D eigenvalue weighted by Crippen LogP contribution is -2.42. The number of carbonyl (C=O) groups excluding carboxylic acids is 1. The Morgan fingerprint density at radius 1 is 1.25 bits per heavy atom. The minimum atomic E-state index is -0.228. The van der Waals surface area contributed by atoms with Crippen molar-refractivity contribution in [1.82, 2.24) is 14.9 Å². The molecule has 1 atom stereocenters. The molecule has 0 saturated carbocycles. The lowest BCUT2D eigenvalue weighted by molar-refractivity contribution is -0.0265. The molecule has 2 aliphatic heterocycles. The highest BCUT2D eigenvalue weighted by molar-refractivity contribution is 5.95. The number of hydrogen-bond donors (Lipinski definition) is 1. The fourth-order valence-corrected chi connectivity index (χ4v) is 2.95. The standard InChI is InChI=1S/C17H19N3O4/c1-11-9-18-16(19-11)15-10-20(4-5-22-15)17(21)12-2-3-13-14(8-12)24-7-6-23-13/h2-3,8-9,15H,4-7,10H2,1H3,(H,18,19)/t15-/m0/s1. The van der Waals surface area contributed by atoms with Gasteiger partial charge in [0.25, 0.3) is 5.91 Å². The second-order valence-corrected chi connectivity index (χ2v) is 5.92. The Balaban J connectivity index is 1.51. The van der Waals surface area contributed by atoms with Crippen LogP contribution in [0.4, 0.5) is 0 Å². The molecule has 1 aromatic heterocycles. The summed E-state index contributed by atoms with van der Waals surface area (Å²) >= 11 is 0. The van der Waals surface area contributed by atoms with Crippen molar-refractivity contribution >= 4 is 5.91 Å². The minimum absolute atomic E-state index is 0.0384. The second kappa shape index (κ2) is 6.16. The summed E-state index contributed by atoms with van der Waals surface area (Å²) in [5.74, 6) is 2.03. The highest BCUT2D eigenvalue weighted by atomic mass is 16.6. The number of aromatic amines is 1. The van der Waals surface area contributed by atoms with Crippen LogP contribution in [-0.4, -0.2) is 53.7 Å². The number of aryl methyl sites for hydroxylation is 1. The topological polar surface area (TPSA) is 76.7 Å². The molecule has 2 aliphatic rings. The summed E-state index contributed by atoms with van der Waals surface area (Å²) in [6.45, 7) is 4.50. The highest BCUT2D eigenvalue weighted by Crippen LogP contribution is 2.31. The Hall–Kier alpha value is -2.54. The van der Waals surface area contributed by atoms with E-state index in [1.54, 1.807) is 29.3 Å². The second-order valence-electron chi connectivity index (χ2n) is 5.92. The van der Waals surface area contributed by atoms with Gasteiger partial charge in [-0.2, -0.15) is 0 Å². The average molecular weight is 329 g/mol. The molecule has 1 saturated heterocycles. The smallest absolute Gasteiger partial charge is 0.254 e. The summed E-state index contributed by atoms with van der Waals surface area (Å²) < 4.78 is 16.8. The molecule has 0 unspecified atom stereocenters. The maximum absolute atomic E-state index is 12.8. The van der Waals surface area contributed by atoms with E-state index >= 15 is 0 Å². The molecule has 1 amide bonds. The van der Waals surface area contributed by atoms with Crippen LogP contribution in [0.15, 0.2) is 24.4 Å². The molecule has 1 fully saturated rings. The quantitative estimate of drug-likeness (QED) is 0.907. The summed E-state index contributed by atoms with van der Waals surface area (Å²) in [6.07, 6.45) is 1.54. The monoisotopic (exact) mass is 329 g/mol. The van der Waals surface area contributed by atoms with Gasteiger partial charge >= 0.3 is 0 Å². The summed E-state index contributed by atoms with van der Waals surface area (Å²) in [5, 5.41) is 0. The van der Waals surface area contributed by atoms with Crippen LogP contribution in [-0.2, 0) is 4.74 Å². The SMILES string of the molecule is Cc1cnc([C@@H]2CN(C(=O)c3ccc4c(c3)OCCO4)CCO2)[nH]1. The van der Waals surface area contributed by atoms with Crippen molar-refractivity contribution in [3.63, 3.8) is 0 Å². The number of ether oxygens (including phenoxy) is 3. The zero-order chi connectivity index (χ0) is 16.5. The van der Waals surface area contributed by atoms with Crippen molar-refractivity contribution < 1.29 is 19.0 Å². The van der Waals surface area contributed by atoms with E-state index in [9.17, 15) is 4.79 Å². The molecule has 1 aromatic carbocycles. The van der Waals surface area contributed by atoms with E-state index in [1.165, 1.54) is 0 Å². The fraction of sp³-hybridized carbons (Fsp3) is 0.412. The van der Waals surface area contributed by atoms with Gasteiger partial charge in [0.1, 0.15) is 25.1 Å². The number of amides is 1. The zero-order valence-corrected chi connectivity index (χ0v) is 13.4. The first-order valence-electron chi connectivity index (χ1n) is 8.03. The van der Waals surface area contributed by atoms with E-state index < -0.39 is 0 Å². The van der Waals surface area contributed by atoms with Gasteiger partial charge in [-0.1, -0.05) is 0 Å². The largest absolute Gasteiger partial charge is 0.486 e. The first-order chi connectivity index (χ1) is 11.7. The van der Waals surface area contributed by atoms with E-state index in [-0.39, 0.29) is 12.0 Å². The lowest BCUT2D eigenvalue weighted by Gasteiger charge is -2.32. The van der Waals surface area contributed by atoms with Crippen molar-refractivity contribution in [1.29, 1.82) is 0 Å². The molecule has 7 nitrogen and oxygen atoms in total. The van der Waals surface area contributed by atoms with Crippen LogP contribution in [0, 0.1) is 6.92 Å². The molecular formula is C17H19N3O4. The Labute approximate surface area is 139 Å². The Kier molecular flexibility index (Phi) is 3.86. The number of imidazole rings is 1. The molecule has 7 heteroatoms. The third-order valence-corrected chi connectivity index (χ3v) is 4.17. The number of H-pyrrole nitrogens is 1. The van der Waals surface area contributed by atoms with Crippen LogP contribution in [0.3, 0.4) is 0 Å². The number of rotatable bonds is 2. The van der Waals surface area contributed by atoms with E-state index in [0.717, 1.165) is 11.5 Å². The number of morpholine rings is 1. The highest BCUT2D eigenvalue weighted by Gasteiger charge is 2.28. The first kappa shape index (κ1) is 15.0. The van der Waals surface area contributed by atoms with Gasteiger partial charge in [0.15, 0.2) is 11.5 Å². The third kappa shape index (κ3) is 2.82. The van der Waals surface area contributed by atoms with Gasteiger partial charge < -0.3 is 24.1 Å². The van der Waals surface area contributed by atoms with E-state index in [1.807, 2.05) is 6.92 Å². The van der Waals surface area contributed by atoms with Gasteiger partial charge in [-0.05, 0) is 25.1 Å². The van der Waals surface area contributed by atoms with Crippen LogP contribution in [0.5, 0.6) is 11.5 Å². The molecular weight excluding hydrogens is 310 g/mol. The Bertz CT molecular complexity index is 758. The van der Waals surface area contributed by atoms with Crippen molar-refractivity contribution in [3.05, 3.63) is 41.5 Å². The van der Waals surface area contributed by atoms with E-state index in [4.69, 9.17) is 14.2 Å². The summed E-state index contributed by atoms with van der Waals surface area (Å²) in [5.41, 5.74) is 1.57. The van der Waals surface area contributed by atoms with Crippen LogP contribution in [0.1, 0.15) is 28.0 Å². The molecule has 126 valence electrons. The molecule has 2 aromatic rings. The molecule has 0 spiro atoms. The number of aromatic nitrogens is 2. The van der Waals surface area contributed by atoms with Gasteiger partial charge in [-0.15, -0.1) is 0 Å². The van der Waals surface area contributed by atoms with Crippen LogP contribution in [0.2, 0.25) is 0 Å². The summed E-state index contributed by atoms with van der Waals surface area (Å²) in [4.78, 5) is 22.1. The molecule has 0 bridgehead atoms. The van der Waals surface area contributed by atoms with Crippen LogP contribution < -0.4 is 9.47 Å². The number of nitrogens with zero attached hydrogens (tertiary/aromatic N) is 2. The van der Waals surface area contributed by atoms with Crippen LogP contribution >= 0.6 is 0 Å². The zero-order valence-electron chi connectivity index (χ0n) is 13.4. The van der Waals surface area contributed by atoms with Gasteiger partial charge in [-0.25, -0.2) is 4.98 Å². The predicted octanol–water partition coefficient (Wildman–Crippen LogP) is 1.70. The van der Waals surface area contributed by atoms with E-state index in [0.29, 0.717) is 50.0 Å². The molecule has 4 rings (SSSR count). The molecule has 0 radical (unpaired) electrons. The number of benzene rings is 1. The summed E-state index contributed by atoms with van der Waals surface area (Å²) in [6, 6.07) is 5.31. The van der Waals surface area contributed by atoms with Gasteiger partial charge in [0, 0.05) is 24.0 Å².